The maximum absolute atomic E-state index is 14.1. The van der Waals surface area contributed by atoms with Gasteiger partial charge in [0.1, 0.15) is 5.82 Å². The maximum atomic E-state index is 14.1. The number of hydrogen-bond donors (Lipinski definition) is 1. The summed E-state index contributed by atoms with van der Waals surface area (Å²) in [7, 11) is 0. The Morgan fingerprint density at radius 2 is 2.26 bits per heavy atom. The number of hydrogen-bond acceptors (Lipinski definition) is 2. The summed E-state index contributed by atoms with van der Waals surface area (Å²) in [4.78, 5) is 13.4. The van der Waals surface area contributed by atoms with Crippen molar-refractivity contribution in [2.45, 2.75) is 26.2 Å². The van der Waals surface area contributed by atoms with Crippen LogP contribution in [0.2, 0.25) is 0 Å². The van der Waals surface area contributed by atoms with E-state index in [2.05, 4.69) is 5.32 Å². The van der Waals surface area contributed by atoms with Crippen molar-refractivity contribution in [2.75, 3.05) is 24.5 Å². The summed E-state index contributed by atoms with van der Waals surface area (Å²) in [6, 6.07) is 5.15. The van der Waals surface area contributed by atoms with Crippen LogP contribution in [0.25, 0.3) is 0 Å². The normalized spacial score (nSPS) is 26.3. The minimum Gasteiger partial charge on any atom is -0.316 e. The molecule has 19 heavy (non-hydrogen) atoms. The first kappa shape index (κ1) is 12.6. The highest BCUT2D eigenvalue weighted by Gasteiger charge is 2.38. The smallest absolute Gasteiger partial charge is 0.223 e. The second-order valence-electron chi connectivity index (χ2n) is 5.77. The van der Waals surface area contributed by atoms with Crippen LogP contribution in [0.1, 0.15) is 25.3 Å². The van der Waals surface area contributed by atoms with Gasteiger partial charge in [0.15, 0.2) is 0 Å². The molecule has 1 amide bonds. The number of nitrogens with zero attached hydrogens (tertiary/aromatic N) is 1. The number of para-hydroxylation sites is 1. The van der Waals surface area contributed by atoms with Crippen LogP contribution in [-0.4, -0.2) is 25.5 Å². The van der Waals surface area contributed by atoms with Crippen molar-refractivity contribution in [1.82, 2.24) is 5.32 Å². The van der Waals surface area contributed by atoms with Crippen molar-refractivity contribution in [3.05, 3.63) is 29.6 Å². The third kappa shape index (κ3) is 2.14. The minimum absolute atomic E-state index is 0.0747. The van der Waals surface area contributed by atoms with Crippen LogP contribution in [0.4, 0.5) is 10.1 Å². The standard InChI is InChI=1S/C15H19FN2O/c1-11(19)18-8-6-15(5-7-17-10-15)9-12-3-2-4-13(16)14(12)18/h2-4,17H,5-10H2,1H3. The molecule has 2 aliphatic rings. The van der Waals surface area contributed by atoms with Crippen LogP contribution in [0, 0.1) is 11.2 Å². The molecule has 0 bridgehead atoms. The number of rotatable bonds is 0. The Balaban J connectivity index is 2.06. The largest absolute Gasteiger partial charge is 0.316 e. The lowest BCUT2D eigenvalue weighted by atomic mass is 9.78. The quantitative estimate of drug-likeness (QED) is 0.776. The fourth-order valence-corrected chi connectivity index (χ4v) is 3.43. The van der Waals surface area contributed by atoms with Gasteiger partial charge >= 0.3 is 0 Å². The Bertz CT molecular complexity index is 509. The molecule has 1 aromatic rings. The Morgan fingerprint density at radius 3 is 2.95 bits per heavy atom. The molecule has 0 saturated carbocycles. The molecule has 102 valence electrons. The average molecular weight is 262 g/mol. The molecule has 1 unspecified atom stereocenters. The molecule has 1 fully saturated rings. The van der Waals surface area contributed by atoms with Crippen LogP contribution in [0.15, 0.2) is 18.2 Å². The number of carbonyl (C=O) groups is 1. The van der Waals surface area contributed by atoms with E-state index >= 15 is 0 Å². The van der Waals surface area contributed by atoms with Gasteiger partial charge < -0.3 is 10.2 Å². The summed E-state index contributed by atoms with van der Waals surface area (Å²) in [5, 5.41) is 3.40. The van der Waals surface area contributed by atoms with Gasteiger partial charge in [0.05, 0.1) is 5.69 Å². The Kier molecular flexibility index (Phi) is 3.05. The van der Waals surface area contributed by atoms with Crippen molar-refractivity contribution < 1.29 is 9.18 Å². The SMILES string of the molecule is CC(=O)N1CCC2(CCNC2)Cc2cccc(F)c21. The molecule has 3 rings (SSSR count). The van der Waals surface area contributed by atoms with Crippen LogP contribution >= 0.6 is 0 Å². The first-order chi connectivity index (χ1) is 9.11. The zero-order valence-electron chi connectivity index (χ0n) is 11.2. The third-order valence-electron chi connectivity index (χ3n) is 4.48. The molecule has 4 heteroatoms. The molecule has 1 N–H and O–H groups in total. The number of benzene rings is 1. The van der Waals surface area contributed by atoms with Gasteiger partial charge in [-0.05, 0) is 42.9 Å². The van der Waals surface area contributed by atoms with E-state index in [1.807, 2.05) is 6.07 Å². The van der Waals surface area contributed by atoms with Crippen molar-refractivity contribution >= 4 is 11.6 Å². The molecular weight excluding hydrogens is 243 g/mol. The highest BCUT2D eigenvalue weighted by Crippen LogP contribution is 2.40. The number of carbonyl (C=O) groups excluding carboxylic acids is 1. The molecule has 1 saturated heterocycles. The summed E-state index contributed by atoms with van der Waals surface area (Å²) in [6.07, 6.45) is 2.90. The zero-order valence-corrected chi connectivity index (χ0v) is 11.2. The van der Waals surface area contributed by atoms with Gasteiger partial charge in [-0.15, -0.1) is 0 Å². The first-order valence-corrected chi connectivity index (χ1v) is 6.88. The summed E-state index contributed by atoms with van der Waals surface area (Å²) in [6.45, 7) is 4.12. The zero-order chi connectivity index (χ0) is 13.5. The summed E-state index contributed by atoms with van der Waals surface area (Å²) < 4.78 is 14.1. The predicted octanol–water partition coefficient (Wildman–Crippen LogP) is 2.10. The lowest BCUT2D eigenvalue weighted by Crippen LogP contribution is -2.33. The molecule has 0 radical (unpaired) electrons. The number of amides is 1. The van der Waals surface area contributed by atoms with Gasteiger partial charge in [-0.2, -0.15) is 0 Å². The van der Waals surface area contributed by atoms with Gasteiger partial charge in [0.2, 0.25) is 5.91 Å². The van der Waals surface area contributed by atoms with Crippen molar-refractivity contribution in [3.63, 3.8) is 0 Å². The van der Waals surface area contributed by atoms with Crippen molar-refractivity contribution in [3.8, 4) is 0 Å². The second kappa shape index (κ2) is 4.60. The summed E-state index contributed by atoms with van der Waals surface area (Å²) in [5.74, 6) is -0.356. The molecule has 0 aliphatic carbocycles. The van der Waals surface area contributed by atoms with Crippen LogP contribution in [-0.2, 0) is 11.2 Å². The number of nitrogens with one attached hydrogen (secondary N) is 1. The van der Waals surface area contributed by atoms with Gasteiger partial charge in [-0.1, -0.05) is 12.1 Å². The van der Waals surface area contributed by atoms with E-state index in [0.717, 1.165) is 37.9 Å². The van der Waals surface area contributed by atoms with E-state index in [1.165, 1.54) is 13.0 Å². The predicted molar refractivity (Wildman–Crippen MR) is 72.7 cm³/mol. The number of halogens is 1. The molecule has 2 aliphatic heterocycles. The molecule has 3 nitrogen and oxygen atoms in total. The Hall–Kier alpha value is -1.42. The highest BCUT2D eigenvalue weighted by atomic mass is 19.1. The van der Waals surface area contributed by atoms with Crippen LogP contribution in [0.3, 0.4) is 0 Å². The van der Waals surface area contributed by atoms with E-state index in [-0.39, 0.29) is 17.1 Å². The molecule has 1 atom stereocenters. The monoisotopic (exact) mass is 262 g/mol. The lowest BCUT2D eigenvalue weighted by molar-refractivity contribution is -0.116. The topological polar surface area (TPSA) is 32.3 Å². The van der Waals surface area contributed by atoms with Gasteiger partial charge in [-0.3, -0.25) is 4.79 Å². The molecule has 2 heterocycles. The summed E-state index contributed by atoms with van der Waals surface area (Å²) >= 11 is 0. The van der Waals surface area contributed by atoms with E-state index in [4.69, 9.17) is 0 Å². The van der Waals surface area contributed by atoms with Gasteiger partial charge in [0.25, 0.3) is 0 Å². The number of anilines is 1. The number of fused-ring (bicyclic) bond motifs is 1. The average Bonchev–Trinajstić information content (AvgIpc) is 2.72. The minimum atomic E-state index is -0.282. The van der Waals surface area contributed by atoms with Gasteiger partial charge in [-0.25, -0.2) is 4.39 Å². The maximum Gasteiger partial charge on any atom is 0.223 e. The van der Waals surface area contributed by atoms with E-state index in [1.54, 1.807) is 11.0 Å². The molecular formula is C15H19FN2O. The van der Waals surface area contributed by atoms with E-state index in [9.17, 15) is 9.18 Å². The Morgan fingerprint density at radius 1 is 1.42 bits per heavy atom. The van der Waals surface area contributed by atoms with Crippen molar-refractivity contribution in [1.29, 1.82) is 0 Å². The van der Waals surface area contributed by atoms with Gasteiger partial charge in [0, 0.05) is 20.0 Å². The lowest BCUT2D eigenvalue weighted by Gasteiger charge is -2.26. The molecule has 0 aromatic heterocycles. The fourth-order valence-electron chi connectivity index (χ4n) is 3.43. The fraction of sp³-hybridized carbons (Fsp3) is 0.533. The van der Waals surface area contributed by atoms with Crippen molar-refractivity contribution in [2.24, 2.45) is 5.41 Å². The van der Waals surface area contributed by atoms with Crippen LogP contribution < -0.4 is 10.2 Å². The molecule has 1 aromatic carbocycles. The second-order valence-corrected chi connectivity index (χ2v) is 5.77. The highest BCUT2D eigenvalue weighted by molar-refractivity contribution is 5.92. The van der Waals surface area contributed by atoms with E-state index in [0.29, 0.717) is 12.2 Å². The first-order valence-electron chi connectivity index (χ1n) is 6.88. The Labute approximate surface area is 112 Å². The molecule has 1 spiro atoms. The third-order valence-corrected chi connectivity index (χ3v) is 4.48. The van der Waals surface area contributed by atoms with Crippen LogP contribution in [0.5, 0.6) is 0 Å². The van der Waals surface area contributed by atoms with E-state index < -0.39 is 0 Å². The summed E-state index contributed by atoms with van der Waals surface area (Å²) in [5.41, 5.74) is 1.66.